The minimum Gasteiger partial charge on any atom is -0.497 e. The van der Waals surface area contributed by atoms with Gasteiger partial charge in [-0.1, -0.05) is 60.2 Å². The van der Waals surface area contributed by atoms with Crippen LogP contribution < -0.4 is 9.64 Å². The van der Waals surface area contributed by atoms with Gasteiger partial charge in [-0.05, 0) is 54.7 Å². The first kappa shape index (κ1) is 21.0. The van der Waals surface area contributed by atoms with Crippen LogP contribution >= 0.6 is 0 Å². The predicted molar refractivity (Wildman–Crippen MR) is 129 cm³/mol. The summed E-state index contributed by atoms with van der Waals surface area (Å²) in [5.41, 5.74) is 6.13. The lowest BCUT2D eigenvalue weighted by Crippen LogP contribution is -2.36. The Bertz CT molecular complexity index is 1240. The molecule has 0 fully saturated rings. The Morgan fingerprint density at radius 3 is 2.33 bits per heavy atom. The van der Waals surface area contributed by atoms with Crippen molar-refractivity contribution in [1.82, 2.24) is 4.90 Å². The zero-order valence-electron chi connectivity index (χ0n) is 18.9. The first-order chi connectivity index (χ1) is 16.1. The topological polar surface area (TPSA) is 49.9 Å². The molecule has 5 rings (SSSR count). The average Bonchev–Trinajstić information content (AvgIpc) is 3.37. The van der Waals surface area contributed by atoms with Crippen molar-refractivity contribution in [2.24, 2.45) is 0 Å². The second-order valence-electron chi connectivity index (χ2n) is 8.48. The predicted octanol–water partition coefficient (Wildman–Crippen LogP) is 4.39. The second kappa shape index (κ2) is 8.58. The molecule has 2 amide bonds. The van der Waals surface area contributed by atoms with Gasteiger partial charge in [0, 0.05) is 18.8 Å². The molecule has 0 aromatic heterocycles. The maximum atomic E-state index is 13.7. The van der Waals surface area contributed by atoms with E-state index in [0.29, 0.717) is 30.8 Å². The van der Waals surface area contributed by atoms with E-state index >= 15 is 0 Å². The fourth-order valence-corrected chi connectivity index (χ4v) is 4.60. The first-order valence-electron chi connectivity index (χ1n) is 11.2. The van der Waals surface area contributed by atoms with E-state index in [1.54, 1.807) is 7.11 Å². The van der Waals surface area contributed by atoms with Crippen molar-refractivity contribution >= 4 is 23.1 Å². The molecule has 5 heteroatoms. The summed E-state index contributed by atoms with van der Waals surface area (Å²) in [6.07, 6.45) is 1.45. The highest BCUT2D eigenvalue weighted by molar-refractivity contribution is 6.36. The minimum atomic E-state index is -0.225. The molecular weight excluding hydrogens is 412 g/mol. The van der Waals surface area contributed by atoms with Crippen LogP contribution in [-0.4, -0.2) is 36.9 Å². The lowest BCUT2D eigenvalue weighted by atomic mass is 10.0. The number of fused-ring (bicyclic) bond motifs is 1. The summed E-state index contributed by atoms with van der Waals surface area (Å²) in [5.74, 6) is 0.336. The molecule has 0 bridgehead atoms. The Labute approximate surface area is 193 Å². The number of benzene rings is 3. The molecule has 0 aliphatic carbocycles. The number of carbonyl (C=O) groups excluding carboxylic acids is 2. The summed E-state index contributed by atoms with van der Waals surface area (Å²) in [4.78, 5) is 30.7. The highest BCUT2D eigenvalue weighted by Gasteiger charge is 2.42. The van der Waals surface area contributed by atoms with Crippen molar-refractivity contribution < 1.29 is 14.3 Å². The van der Waals surface area contributed by atoms with Gasteiger partial charge in [-0.2, -0.15) is 0 Å². The van der Waals surface area contributed by atoms with Crippen molar-refractivity contribution in [2.75, 3.05) is 25.1 Å². The number of anilines is 1. The van der Waals surface area contributed by atoms with E-state index in [-0.39, 0.29) is 11.8 Å². The summed E-state index contributed by atoms with van der Waals surface area (Å²) in [6.45, 7) is 3.03. The molecule has 166 valence electrons. The molecule has 0 radical (unpaired) electrons. The number of hydrogen-bond donors (Lipinski definition) is 0. The van der Waals surface area contributed by atoms with Crippen LogP contribution in [0.2, 0.25) is 0 Å². The van der Waals surface area contributed by atoms with Crippen LogP contribution in [0.15, 0.2) is 78.5 Å². The maximum Gasteiger partial charge on any atom is 0.278 e. The largest absolute Gasteiger partial charge is 0.497 e. The third kappa shape index (κ3) is 3.80. The molecule has 0 saturated heterocycles. The summed E-state index contributed by atoms with van der Waals surface area (Å²) >= 11 is 0. The van der Waals surface area contributed by atoms with Gasteiger partial charge in [0.25, 0.3) is 11.8 Å². The molecule has 2 heterocycles. The van der Waals surface area contributed by atoms with Gasteiger partial charge in [0.1, 0.15) is 11.4 Å². The zero-order valence-corrected chi connectivity index (χ0v) is 18.9. The van der Waals surface area contributed by atoms with Crippen LogP contribution in [0.3, 0.4) is 0 Å². The number of nitrogens with zero attached hydrogens (tertiary/aromatic N) is 2. The normalized spacial score (nSPS) is 15.5. The number of carbonyl (C=O) groups is 2. The van der Waals surface area contributed by atoms with Crippen LogP contribution in [0.1, 0.15) is 22.3 Å². The number of ether oxygens (including phenoxy) is 1. The lowest BCUT2D eigenvalue weighted by molar-refractivity contribution is -0.136. The first-order valence-corrected chi connectivity index (χ1v) is 11.2. The third-order valence-corrected chi connectivity index (χ3v) is 6.42. The van der Waals surface area contributed by atoms with Crippen molar-refractivity contribution in [3.05, 3.63) is 101 Å². The van der Waals surface area contributed by atoms with E-state index in [4.69, 9.17) is 4.74 Å². The monoisotopic (exact) mass is 438 g/mol. The molecule has 0 spiro atoms. The number of aryl methyl sites for hydroxylation is 1. The van der Waals surface area contributed by atoms with Gasteiger partial charge in [-0.25, -0.2) is 0 Å². The second-order valence-corrected chi connectivity index (χ2v) is 8.48. The van der Waals surface area contributed by atoms with Gasteiger partial charge in [0.2, 0.25) is 0 Å². The van der Waals surface area contributed by atoms with Gasteiger partial charge in [-0.3, -0.25) is 14.5 Å². The Balaban J connectivity index is 1.49. The summed E-state index contributed by atoms with van der Waals surface area (Å²) < 4.78 is 5.22. The Morgan fingerprint density at radius 2 is 1.61 bits per heavy atom. The van der Waals surface area contributed by atoms with E-state index in [2.05, 4.69) is 6.07 Å². The zero-order chi connectivity index (χ0) is 22.9. The molecule has 5 nitrogen and oxygen atoms in total. The molecule has 2 aliphatic rings. The molecule has 3 aromatic rings. The van der Waals surface area contributed by atoms with E-state index in [1.165, 1.54) is 10.5 Å². The fraction of sp³-hybridized carbons (Fsp3) is 0.214. The number of para-hydroxylation sites is 1. The van der Waals surface area contributed by atoms with Crippen molar-refractivity contribution in [2.45, 2.75) is 19.8 Å². The molecule has 0 atom stereocenters. The number of imide groups is 1. The standard InChI is InChI=1S/C28H26N2O3/c1-19-7-11-22(12-8-19)25-26(29-18-16-21-5-3-4-6-24(21)29)28(32)30(27(25)31)17-15-20-9-13-23(33-2)14-10-20/h3-14H,15-18H2,1-2H3. The summed E-state index contributed by atoms with van der Waals surface area (Å²) in [7, 11) is 1.63. The molecule has 0 saturated carbocycles. The number of rotatable bonds is 6. The van der Waals surface area contributed by atoms with Crippen LogP contribution in [-0.2, 0) is 22.4 Å². The smallest absolute Gasteiger partial charge is 0.278 e. The maximum absolute atomic E-state index is 13.7. The molecule has 2 aliphatic heterocycles. The molecule has 0 N–H and O–H groups in total. The van der Waals surface area contributed by atoms with E-state index in [0.717, 1.165) is 34.5 Å². The van der Waals surface area contributed by atoms with E-state index in [1.807, 2.05) is 78.6 Å². The Kier molecular flexibility index (Phi) is 5.47. The highest BCUT2D eigenvalue weighted by Crippen LogP contribution is 2.38. The molecule has 33 heavy (non-hydrogen) atoms. The van der Waals surface area contributed by atoms with Crippen molar-refractivity contribution in [3.63, 3.8) is 0 Å². The Morgan fingerprint density at radius 1 is 0.879 bits per heavy atom. The van der Waals surface area contributed by atoms with Gasteiger partial charge in [0.15, 0.2) is 0 Å². The van der Waals surface area contributed by atoms with Crippen molar-refractivity contribution in [1.29, 1.82) is 0 Å². The fourth-order valence-electron chi connectivity index (χ4n) is 4.60. The van der Waals surface area contributed by atoms with Gasteiger partial charge in [-0.15, -0.1) is 0 Å². The SMILES string of the molecule is COc1ccc(CCN2C(=O)C(c3ccc(C)cc3)=C(N3CCc4ccccc43)C2=O)cc1. The van der Waals surface area contributed by atoms with Gasteiger partial charge in [0.05, 0.1) is 12.7 Å². The third-order valence-electron chi connectivity index (χ3n) is 6.42. The van der Waals surface area contributed by atoms with Gasteiger partial charge >= 0.3 is 0 Å². The van der Waals surface area contributed by atoms with Crippen LogP contribution in [0, 0.1) is 6.92 Å². The molecule has 0 unspecified atom stereocenters. The van der Waals surface area contributed by atoms with Crippen LogP contribution in [0.4, 0.5) is 5.69 Å². The van der Waals surface area contributed by atoms with Crippen molar-refractivity contribution in [3.8, 4) is 5.75 Å². The van der Waals surface area contributed by atoms with E-state index < -0.39 is 0 Å². The highest BCUT2D eigenvalue weighted by atomic mass is 16.5. The van der Waals surface area contributed by atoms with Crippen LogP contribution in [0.5, 0.6) is 5.75 Å². The lowest BCUT2D eigenvalue weighted by Gasteiger charge is -2.22. The summed E-state index contributed by atoms with van der Waals surface area (Å²) in [6, 6.07) is 23.7. The molecular formula is C28H26N2O3. The van der Waals surface area contributed by atoms with E-state index in [9.17, 15) is 9.59 Å². The number of amides is 2. The minimum absolute atomic E-state index is 0.221. The Hall–Kier alpha value is -3.86. The molecule has 3 aromatic carbocycles. The van der Waals surface area contributed by atoms with Crippen LogP contribution in [0.25, 0.3) is 5.57 Å². The van der Waals surface area contributed by atoms with Gasteiger partial charge < -0.3 is 9.64 Å². The summed E-state index contributed by atoms with van der Waals surface area (Å²) in [5, 5.41) is 0. The number of methoxy groups -OCH3 is 1. The average molecular weight is 439 g/mol. The number of hydrogen-bond acceptors (Lipinski definition) is 4. The quantitative estimate of drug-likeness (QED) is 0.536.